The summed E-state index contributed by atoms with van der Waals surface area (Å²) in [6.07, 6.45) is 5.26. The number of nitriles is 1. The maximum atomic E-state index is 12.6. The number of carbonyl (C=O) groups is 2. The lowest BCUT2D eigenvalue weighted by Crippen LogP contribution is -2.48. The third-order valence-electron chi connectivity index (χ3n) is 4.89. The first kappa shape index (κ1) is 19.0. The highest BCUT2D eigenvalue weighted by Gasteiger charge is 2.34. The molecule has 25 heavy (non-hydrogen) atoms. The predicted molar refractivity (Wildman–Crippen MR) is 96.7 cm³/mol. The molecule has 1 fully saturated rings. The number of benzene rings is 1. The van der Waals surface area contributed by atoms with Crippen molar-refractivity contribution in [3.05, 3.63) is 35.4 Å². The Bertz CT molecular complexity index is 668. The zero-order valence-electron chi connectivity index (χ0n) is 15.5. The lowest BCUT2D eigenvalue weighted by atomic mass is 9.83. The SMILES string of the molecule is CN(C#N)C(=O)C1CCCCC1NC(=O)c1ccc(C(C)(C)C)cc1. The van der Waals surface area contributed by atoms with Crippen molar-refractivity contribution in [1.82, 2.24) is 10.2 Å². The van der Waals surface area contributed by atoms with Crippen molar-refractivity contribution in [3.8, 4) is 6.19 Å². The van der Waals surface area contributed by atoms with E-state index in [4.69, 9.17) is 5.26 Å². The monoisotopic (exact) mass is 341 g/mol. The Morgan fingerprint density at radius 1 is 1.16 bits per heavy atom. The Morgan fingerprint density at radius 2 is 1.76 bits per heavy atom. The first-order valence-electron chi connectivity index (χ1n) is 8.82. The van der Waals surface area contributed by atoms with Crippen molar-refractivity contribution in [2.24, 2.45) is 5.92 Å². The quantitative estimate of drug-likeness (QED) is 0.678. The Morgan fingerprint density at radius 3 is 2.32 bits per heavy atom. The lowest BCUT2D eigenvalue weighted by molar-refractivity contribution is -0.133. The van der Waals surface area contributed by atoms with Crippen LogP contribution in [0.2, 0.25) is 0 Å². The molecule has 0 heterocycles. The van der Waals surface area contributed by atoms with Crippen LogP contribution in [0.1, 0.15) is 62.4 Å². The molecule has 0 radical (unpaired) electrons. The van der Waals surface area contributed by atoms with Gasteiger partial charge < -0.3 is 5.32 Å². The molecule has 5 heteroatoms. The summed E-state index contributed by atoms with van der Waals surface area (Å²) >= 11 is 0. The van der Waals surface area contributed by atoms with Crippen LogP contribution in [0.4, 0.5) is 0 Å². The van der Waals surface area contributed by atoms with Crippen LogP contribution in [0.5, 0.6) is 0 Å². The van der Waals surface area contributed by atoms with Crippen LogP contribution in [0.25, 0.3) is 0 Å². The van der Waals surface area contributed by atoms with E-state index in [1.807, 2.05) is 30.5 Å². The van der Waals surface area contributed by atoms with E-state index in [0.717, 1.165) is 24.2 Å². The molecule has 0 bridgehead atoms. The first-order valence-corrected chi connectivity index (χ1v) is 8.82. The molecule has 134 valence electrons. The van der Waals surface area contributed by atoms with Gasteiger partial charge in [0.25, 0.3) is 5.91 Å². The van der Waals surface area contributed by atoms with Gasteiger partial charge >= 0.3 is 0 Å². The van der Waals surface area contributed by atoms with Crippen LogP contribution in [0.15, 0.2) is 24.3 Å². The molecular weight excluding hydrogens is 314 g/mol. The van der Waals surface area contributed by atoms with Gasteiger partial charge in [-0.1, -0.05) is 45.7 Å². The second-order valence-electron chi connectivity index (χ2n) is 7.80. The van der Waals surface area contributed by atoms with Gasteiger partial charge in [0.1, 0.15) is 0 Å². The van der Waals surface area contributed by atoms with Gasteiger partial charge in [-0.2, -0.15) is 5.26 Å². The predicted octanol–water partition coefficient (Wildman–Crippen LogP) is 3.21. The van der Waals surface area contributed by atoms with Crippen molar-refractivity contribution < 1.29 is 9.59 Å². The molecule has 2 atom stereocenters. The van der Waals surface area contributed by atoms with Gasteiger partial charge in [-0.25, -0.2) is 0 Å². The van der Waals surface area contributed by atoms with Gasteiger partial charge in [-0.3, -0.25) is 14.5 Å². The van der Waals surface area contributed by atoms with E-state index in [-0.39, 0.29) is 29.2 Å². The average molecular weight is 341 g/mol. The molecule has 1 aliphatic rings. The van der Waals surface area contributed by atoms with Crippen LogP contribution in [-0.4, -0.2) is 29.8 Å². The molecule has 1 aromatic rings. The Labute approximate surface area is 150 Å². The Kier molecular flexibility index (Phi) is 5.84. The molecule has 0 spiro atoms. The van der Waals surface area contributed by atoms with E-state index in [0.29, 0.717) is 12.0 Å². The minimum absolute atomic E-state index is 0.0395. The fraction of sp³-hybridized carbons (Fsp3) is 0.550. The molecule has 1 aliphatic carbocycles. The van der Waals surface area contributed by atoms with E-state index in [1.54, 1.807) is 0 Å². The van der Waals surface area contributed by atoms with E-state index < -0.39 is 0 Å². The third kappa shape index (κ3) is 4.60. The largest absolute Gasteiger partial charge is 0.349 e. The number of hydrogen-bond acceptors (Lipinski definition) is 3. The van der Waals surface area contributed by atoms with Gasteiger partial charge in [0, 0.05) is 18.7 Å². The average Bonchev–Trinajstić information content (AvgIpc) is 2.60. The van der Waals surface area contributed by atoms with Crippen LogP contribution in [0, 0.1) is 17.4 Å². The minimum atomic E-state index is -0.323. The summed E-state index contributed by atoms with van der Waals surface area (Å²) < 4.78 is 0. The van der Waals surface area contributed by atoms with Gasteiger partial charge in [-0.05, 0) is 36.0 Å². The molecule has 0 aliphatic heterocycles. The highest BCUT2D eigenvalue weighted by molar-refractivity contribution is 5.95. The van der Waals surface area contributed by atoms with Crippen molar-refractivity contribution in [2.45, 2.75) is 57.9 Å². The zero-order chi connectivity index (χ0) is 18.6. The molecule has 2 unspecified atom stereocenters. The van der Waals surface area contributed by atoms with Crippen molar-refractivity contribution in [2.75, 3.05) is 7.05 Å². The summed E-state index contributed by atoms with van der Waals surface area (Å²) in [6, 6.07) is 7.39. The molecule has 2 amide bonds. The smallest absolute Gasteiger partial charge is 0.251 e. The summed E-state index contributed by atoms with van der Waals surface area (Å²) in [5, 5.41) is 11.9. The number of amides is 2. The fourth-order valence-corrected chi connectivity index (χ4v) is 3.27. The lowest BCUT2D eigenvalue weighted by Gasteiger charge is -2.32. The summed E-state index contributed by atoms with van der Waals surface area (Å²) in [5.74, 6) is -0.698. The van der Waals surface area contributed by atoms with Gasteiger partial charge in [0.15, 0.2) is 6.19 Å². The molecule has 1 saturated carbocycles. The Hall–Kier alpha value is -2.35. The second kappa shape index (κ2) is 7.69. The zero-order valence-corrected chi connectivity index (χ0v) is 15.5. The van der Waals surface area contributed by atoms with E-state index in [9.17, 15) is 9.59 Å². The van der Waals surface area contributed by atoms with Gasteiger partial charge in [-0.15, -0.1) is 0 Å². The number of hydrogen-bond donors (Lipinski definition) is 1. The molecule has 5 nitrogen and oxygen atoms in total. The second-order valence-corrected chi connectivity index (χ2v) is 7.80. The topological polar surface area (TPSA) is 73.2 Å². The highest BCUT2D eigenvalue weighted by atomic mass is 16.2. The number of rotatable bonds is 3. The third-order valence-corrected chi connectivity index (χ3v) is 4.89. The standard InChI is InChI=1S/C20H27N3O2/c1-20(2,3)15-11-9-14(10-12-15)18(24)22-17-8-6-5-7-16(17)19(25)23(4)13-21/h9-12,16-17H,5-8H2,1-4H3,(H,22,24). The van der Waals surface area contributed by atoms with E-state index in [1.165, 1.54) is 12.6 Å². The first-order chi connectivity index (χ1) is 11.7. The summed E-state index contributed by atoms with van der Waals surface area (Å²) in [5.41, 5.74) is 1.81. The van der Waals surface area contributed by atoms with Crippen LogP contribution in [0.3, 0.4) is 0 Å². The highest BCUT2D eigenvalue weighted by Crippen LogP contribution is 2.27. The molecule has 0 aromatic heterocycles. The number of carbonyl (C=O) groups excluding carboxylic acids is 2. The summed E-state index contributed by atoms with van der Waals surface area (Å²) in [4.78, 5) is 26.0. The van der Waals surface area contributed by atoms with E-state index in [2.05, 4.69) is 26.1 Å². The van der Waals surface area contributed by atoms with Crippen molar-refractivity contribution in [3.63, 3.8) is 0 Å². The normalized spacial score (nSPS) is 20.4. The molecule has 0 saturated heterocycles. The maximum Gasteiger partial charge on any atom is 0.251 e. The molecule has 1 N–H and O–H groups in total. The molecule has 1 aromatic carbocycles. The van der Waals surface area contributed by atoms with Gasteiger partial charge in [0.2, 0.25) is 5.91 Å². The fourth-order valence-electron chi connectivity index (χ4n) is 3.27. The van der Waals surface area contributed by atoms with Gasteiger partial charge in [0.05, 0.1) is 5.92 Å². The van der Waals surface area contributed by atoms with Crippen LogP contribution in [-0.2, 0) is 10.2 Å². The summed E-state index contributed by atoms with van der Waals surface area (Å²) in [7, 11) is 1.47. The van der Waals surface area contributed by atoms with Crippen molar-refractivity contribution in [1.29, 1.82) is 5.26 Å². The maximum absolute atomic E-state index is 12.6. The minimum Gasteiger partial charge on any atom is -0.349 e. The Balaban J connectivity index is 2.09. The van der Waals surface area contributed by atoms with Crippen molar-refractivity contribution >= 4 is 11.8 Å². The summed E-state index contributed by atoms with van der Waals surface area (Å²) in [6.45, 7) is 6.39. The number of nitrogens with zero attached hydrogens (tertiary/aromatic N) is 2. The van der Waals surface area contributed by atoms with Crippen LogP contribution >= 0.6 is 0 Å². The van der Waals surface area contributed by atoms with Crippen LogP contribution < -0.4 is 5.32 Å². The van der Waals surface area contributed by atoms with E-state index >= 15 is 0 Å². The number of nitrogens with one attached hydrogen (secondary N) is 1. The molecule has 2 rings (SSSR count). The molecular formula is C20H27N3O2.